The SMILES string of the molecule is CC(C)(C)C(=O)N1CCC(C(=O)Oc2c(Cl)cccc2Cl)CC1. The number of piperidine rings is 1. The summed E-state index contributed by atoms with van der Waals surface area (Å²) >= 11 is 12.0. The first-order chi connectivity index (χ1) is 10.7. The molecule has 0 saturated carbocycles. The molecule has 1 amide bonds. The minimum absolute atomic E-state index is 0.110. The van der Waals surface area contributed by atoms with E-state index in [1.54, 1.807) is 18.2 Å². The van der Waals surface area contributed by atoms with Crippen molar-refractivity contribution in [3.8, 4) is 5.75 Å². The Morgan fingerprint density at radius 1 is 1.13 bits per heavy atom. The summed E-state index contributed by atoms with van der Waals surface area (Å²) in [5, 5.41) is 0.623. The zero-order valence-electron chi connectivity index (χ0n) is 13.6. The summed E-state index contributed by atoms with van der Waals surface area (Å²) in [6.45, 7) is 6.82. The van der Waals surface area contributed by atoms with Crippen LogP contribution in [-0.2, 0) is 9.59 Å². The number of ether oxygens (including phenoxy) is 1. The minimum atomic E-state index is -0.404. The Morgan fingerprint density at radius 3 is 2.13 bits per heavy atom. The lowest BCUT2D eigenvalue weighted by molar-refractivity contribution is -0.146. The van der Waals surface area contributed by atoms with Gasteiger partial charge in [0.25, 0.3) is 0 Å². The summed E-state index contributed by atoms with van der Waals surface area (Å²) in [6.07, 6.45) is 1.17. The number of hydrogen-bond donors (Lipinski definition) is 0. The number of nitrogens with zero attached hydrogens (tertiary/aromatic N) is 1. The van der Waals surface area contributed by atoms with Crippen LogP contribution in [0.3, 0.4) is 0 Å². The molecule has 0 N–H and O–H groups in total. The third-order valence-corrected chi connectivity index (χ3v) is 4.47. The summed E-state index contributed by atoms with van der Waals surface area (Å²) in [7, 11) is 0. The molecule has 6 heteroatoms. The first-order valence-electron chi connectivity index (χ1n) is 7.65. The lowest BCUT2D eigenvalue weighted by atomic mass is 9.91. The van der Waals surface area contributed by atoms with E-state index in [4.69, 9.17) is 27.9 Å². The van der Waals surface area contributed by atoms with Crippen LogP contribution in [-0.4, -0.2) is 29.9 Å². The van der Waals surface area contributed by atoms with E-state index in [2.05, 4.69) is 0 Å². The predicted octanol–water partition coefficient (Wildman–Crippen LogP) is 4.18. The number of amides is 1. The Bertz CT molecular complexity index is 582. The molecule has 1 aromatic carbocycles. The van der Waals surface area contributed by atoms with E-state index in [9.17, 15) is 9.59 Å². The highest BCUT2D eigenvalue weighted by Crippen LogP contribution is 2.34. The number of carbonyl (C=O) groups is 2. The van der Waals surface area contributed by atoms with E-state index in [-0.39, 0.29) is 23.5 Å². The smallest absolute Gasteiger partial charge is 0.314 e. The zero-order valence-corrected chi connectivity index (χ0v) is 15.1. The van der Waals surface area contributed by atoms with Gasteiger partial charge in [-0.25, -0.2) is 0 Å². The van der Waals surface area contributed by atoms with Crippen molar-refractivity contribution in [1.82, 2.24) is 4.90 Å². The molecule has 1 aliphatic heterocycles. The number of halogens is 2. The van der Waals surface area contributed by atoms with Crippen molar-refractivity contribution in [2.75, 3.05) is 13.1 Å². The number of likely N-dealkylation sites (tertiary alicyclic amines) is 1. The molecular weight excluding hydrogens is 337 g/mol. The molecule has 1 saturated heterocycles. The number of hydrogen-bond acceptors (Lipinski definition) is 3. The summed E-state index contributed by atoms with van der Waals surface area (Å²) in [5.74, 6) is -0.276. The third kappa shape index (κ3) is 4.39. The largest absolute Gasteiger partial charge is 0.423 e. The molecule has 23 heavy (non-hydrogen) atoms. The lowest BCUT2D eigenvalue weighted by Crippen LogP contribution is -2.45. The van der Waals surface area contributed by atoms with Crippen LogP contribution in [0.15, 0.2) is 18.2 Å². The number of esters is 1. The van der Waals surface area contributed by atoms with Gasteiger partial charge in [0.15, 0.2) is 5.75 Å². The number of benzene rings is 1. The van der Waals surface area contributed by atoms with Crippen molar-refractivity contribution in [1.29, 1.82) is 0 Å². The molecule has 0 unspecified atom stereocenters. The number of carbonyl (C=O) groups excluding carboxylic acids is 2. The first-order valence-corrected chi connectivity index (χ1v) is 8.41. The summed E-state index contributed by atoms with van der Waals surface area (Å²) < 4.78 is 5.37. The van der Waals surface area contributed by atoms with Crippen LogP contribution in [0.2, 0.25) is 10.0 Å². The fraction of sp³-hybridized carbons (Fsp3) is 0.529. The molecule has 0 atom stereocenters. The highest BCUT2D eigenvalue weighted by Gasteiger charge is 2.33. The van der Waals surface area contributed by atoms with Gasteiger partial charge in [-0.15, -0.1) is 0 Å². The van der Waals surface area contributed by atoms with E-state index in [1.165, 1.54) is 0 Å². The van der Waals surface area contributed by atoms with Gasteiger partial charge in [0, 0.05) is 18.5 Å². The quantitative estimate of drug-likeness (QED) is 0.589. The van der Waals surface area contributed by atoms with Gasteiger partial charge in [-0.3, -0.25) is 9.59 Å². The zero-order chi connectivity index (χ0) is 17.2. The molecule has 1 fully saturated rings. The van der Waals surface area contributed by atoms with Crippen molar-refractivity contribution < 1.29 is 14.3 Å². The molecule has 4 nitrogen and oxygen atoms in total. The second-order valence-electron chi connectivity index (χ2n) is 6.79. The van der Waals surface area contributed by atoms with E-state index in [0.29, 0.717) is 36.0 Å². The van der Waals surface area contributed by atoms with Crippen LogP contribution in [0.1, 0.15) is 33.6 Å². The molecule has 0 bridgehead atoms. The van der Waals surface area contributed by atoms with Gasteiger partial charge in [-0.2, -0.15) is 0 Å². The lowest BCUT2D eigenvalue weighted by Gasteiger charge is -2.34. The number of para-hydroxylation sites is 1. The van der Waals surface area contributed by atoms with Crippen LogP contribution < -0.4 is 4.74 Å². The first kappa shape index (κ1) is 18.1. The Morgan fingerprint density at radius 2 is 1.65 bits per heavy atom. The predicted molar refractivity (Wildman–Crippen MR) is 90.9 cm³/mol. The van der Waals surface area contributed by atoms with Crippen molar-refractivity contribution in [3.05, 3.63) is 28.2 Å². The topological polar surface area (TPSA) is 46.6 Å². The summed E-state index contributed by atoms with van der Waals surface area (Å²) in [5.41, 5.74) is -0.404. The average molecular weight is 358 g/mol. The monoisotopic (exact) mass is 357 g/mol. The maximum Gasteiger partial charge on any atom is 0.314 e. The molecule has 1 aliphatic rings. The summed E-state index contributed by atoms with van der Waals surface area (Å²) in [4.78, 5) is 26.4. The molecule has 0 aliphatic carbocycles. The van der Waals surface area contributed by atoms with Gasteiger partial charge in [0.1, 0.15) is 0 Å². The Balaban J connectivity index is 1.95. The second-order valence-corrected chi connectivity index (χ2v) is 7.60. The van der Waals surface area contributed by atoms with Gasteiger partial charge >= 0.3 is 5.97 Å². The third-order valence-electron chi connectivity index (χ3n) is 3.88. The standard InChI is InChI=1S/C17H21Cl2NO3/c1-17(2,3)16(22)20-9-7-11(8-10-20)15(21)23-14-12(18)5-4-6-13(14)19/h4-6,11H,7-10H2,1-3H3. The fourth-order valence-corrected chi connectivity index (χ4v) is 3.03. The fourth-order valence-electron chi connectivity index (χ4n) is 2.56. The van der Waals surface area contributed by atoms with Gasteiger partial charge in [-0.05, 0) is 25.0 Å². The van der Waals surface area contributed by atoms with Crippen LogP contribution in [0.5, 0.6) is 5.75 Å². The van der Waals surface area contributed by atoms with Gasteiger partial charge in [-0.1, -0.05) is 50.0 Å². The Labute approximate surface area is 146 Å². The van der Waals surface area contributed by atoms with Crippen molar-refractivity contribution in [3.63, 3.8) is 0 Å². The van der Waals surface area contributed by atoms with E-state index in [0.717, 1.165) is 0 Å². The van der Waals surface area contributed by atoms with Gasteiger partial charge in [0.2, 0.25) is 5.91 Å². The molecule has 1 aromatic rings. The van der Waals surface area contributed by atoms with Crippen molar-refractivity contribution >= 4 is 35.1 Å². The normalized spacial score (nSPS) is 16.3. The van der Waals surface area contributed by atoms with Crippen LogP contribution in [0.25, 0.3) is 0 Å². The maximum absolute atomic E-state index is 12.3. The van der Waals surface area contributed by atoms with E-state index in [1.807, 2.05) is 25.7 Å². The molecule has 2 rings (SSSR count). The van der Waals surface area contributed by atoms with Crippen LogP contribution >= 0.6 is 23.2 Å². The van der Waals surface area contributed by atoms with E-state index >= 15 is 0 Å². The van der Waals surface area contributed by atoms with Gasteiger partial charge in [0.05, 0.1) is 16.0 Å². The average Bonchev–Trinajstić information content (AvgIpc) is 2.49. The molecule has 126 valence electrons. The van der Waals surface area contributed by atoms with Gasteiger partial charge < -0.3 is 9.64 Å². The highest BCUT2D eigenvalue weighted by atomic mass is 35.5. The maximum atomic E-state index is 12.3. The number of rotatable bonds is 2. The molecular formula is C17H21Cl2NO3. The molecule has 0 aromatic heterocycles. The molecule has 0 radical (unpaired) electrons. The molecule has 0 spiro atoms. The van der Waals surface area contributed by atoms with Crippen molar-refractivity contribution in [2.24, 2.45) is 11.3 Å². The van der Waals surface area contributed by atoms with Crippen LogP contribution in [0.4, 0.5) is 0 Å². The highest BCUT2D eigenvalue weighted by molar-refractivity contribution is 6.37. The van der Waals surface area contributed by atoms with E-state index < -0.39 is 5.41 Å². The summed E-state index contributed by atoms with van der Waals surface area (Å²) in [6, 6.07) is 4.94. The minimum Gasteiger partial charge on any atom is -0.423 e. The molecule has 1 heterocycles. The van der Waals surface area contributed by atoms with Crippen LogP contribution in [0, 0.1) is 11.3 Å². The second kappa shape index (κ2) is 7.10. The van der Waals surface area contributed by atoms with Crippen molar-refractivity contribution in [2.45, 2.75) is 33.6 Å². The Kier molecular flexibility index (Phi) is 5.58. The Hall–Kier alpha value is -1.26.